The fourth-order valence-electron chi connectivity index (χ4n) is 1.69. The molecule has 0 unspecified atom stereocenters. The van der Waals surface area contributed by atoms with Crippen molar-refractivity contribution >= 4 is 46.7 Å². The molecule has 21 heavy (non-hydrogen) atoms. The van der Waals surface area contributed by atoms with Gasteiger partial charge in [-0.1, -0.05) is 40.9 Å². The van der Waals surface area contributed by atoms with Gasteiger partial charge in [0.2, 0.25) is 0 Å². The van der Waals surface area contributed by atoms with Crippen LogP contribution in [0.3, 0.4) is 0 Å². The van der Waals surface area contributed by atoms with E-state index >= 15 is 0 Å². The molecule has 0 radical (unpaired) electrons. The summed E-state index contributed by atoms with van der Waals surface area (Å²) in [5, 5.41) is 1.55. The highest BCUT2D eigenvalue weighted by Gasteiger charge is 2.09. The number of rotatable bonds is 4. The van der Waals surface area contributed by atoms with Crippen molar-refractivity contribution < 1.29 is 9.47 Å². The lowest BCUT2D eigenvalue weighted by molar-refractivity contribution is 0.404. The zero-order valence-electron chi connectivity index (χ0n) is 11.4. The Morgan fingerprint density at radius 2 is 1.62 bits per heavy atom. The molecule has 2 aromatic rings. The monoisotopic (exact) mass is 343 g/mol. The van der Waals surface area contributed by atoms with E-state index in [0.717, 1.165) is 5.56 Å². The van der Waals surface area contributed by atoms with Crippen molar-refractivity contribution in [3.8, 4) is 11.5 Å². The van der Waals surface area contributed by atoms with Crippen LogP contribution in [-0.2, 0) is 0 Å². The third-order valence-corrected chi connectivity index (χ3v) is 3.62. The lowest BCUT2D eigenvalue weighted by Gasteiger charge is -2.09. The second-order valence-electron chi connectivity index (χ2n) is 4.08. The predicted octanol–water partition coefficient (Wildman–Crippen LogP) is 5.41. The Balaban J connectivity index is 2.40. The number of aliphatic imine (C=N–C) groups is 1. The molecule has 0 fully saturated rings. The first-order chi connectivity index (χ1) is 10.0. The van der Waals surface area contributed by atoms with Crippen molar-refractivity contribution in [1.82, 2.24) is 0 Å². The SMILES string of the molecule is COc1cc(N=Cc2ccc(Cl)cc2Cl)c(OC)cc1Cl. The maximum absolute atomic E-state index is 6.10. The summed E-state index contributed by atoms with van der Waals surface area (Å²) < 4.78 is 10.4. The minimum atomic E-state index is 0.456. The summed E-state index contributed by atoms with van der Waals surface area (Å²) in [7, 11) is 3.09. The van der Waals surface area contributed by atoms with Crippen molar-refractivity contribution in [3.05, 3.63) is 51.0 Å². The summed E-state index contributed by atoms with van der Waals surface area (Å²) in [5.41, 5.74) is 1.34. The van der Waals surface area contributed by atoms with Gasteiger partial charge >= 0.3 is 0 Å². The van der Waals surface area contributed by atoms with Crippen LogP contribution in [0.1, 0.15) is 5.56 Å². The first kappa shape index (κ1) is 16.0. The highest BCUT2D eigenvalue weighted by molar-refractivity contribution is 6.36. The van der Waals surface area contributed by atoms with Crippen molar-refractivity contribution in [2.75, 3.05) is 14.2 Å². The number of hydrogen-bond donors (Lipinski definition) is 0. The molecule has 0 bridgehead atoms. The largest absolute Gasteiger partial charge is 0.495 e. The summed E-state index contributed by atoms with van der Waals surface area (Å²) in [6.45, 7) is 0. The molecule has 0 saturated heterocycles. The Kier molecular flexibility index (Phi) is 5.34. The van der Waals surface area contributed by atoms with Crippen molar-refractivity contribution in [2.45, 2.75) is 0 Å². The fraction of sp³-hybridized carbons (Fsp3) is 0.133. The van der Waals surface area contributed by atoms with Gasteiger partial charge in [-0.15, -0.1) is 0 Å². The Bertz CT molecular complexity index is 687. The Morgan fingerprint density at radius 1 is 0.905 bits per heavy atom. The maximum Gasteiger partial charge on any atom is 0.146 e. The van der Waals surface area contributed by atoms with E-state index in [-0.39, 0.29) is 0 Å². The van der Waals surface area contributed by atoms with E-state index in [2.05, 4.69) is 4.99 Å². The molecule has 0 aliphatic rings. The molecule has 0 heterocycles. The average molecular weight is 345 g/mol. The van der Waals surface area contributed by atoms with Gasteiger partial charge in [0.1, 0.15) is 17.2 Å². The molecule has 0 saturated carbocycles. The summed E-state index contributed by atoms with van der Waals surface area (Å²) in [6, 6.07) is 8.53. The topological polar surface area (TPSA) is 30.8 Å². The van der Waals surface area contributed by atoms with Gasteiger partial charge in [-0.2, -0.15) is 0 Å². The minimum absolute atomic E-state index is 0.456. The van der Waals surface area contributed by atoms with Crippen LogP contribution in [0.2, 0.25) is 15.1 Å². The second-order valence-corrected chi connectivity index (χ2v) is 5.33. The Labute approximate surface area is 138 Å². The van der Waals surface area contributed by atoms with Gasteiger partial charge in [0.25, 0.3) is 0 Å². The quantitative estimate of drug-likeness (QED) is 0.694. The van der Waals surface area contributed by atoms with Crippen LogP contribution in [0, 0.1) is 0 Å². The highest BCUT2D eigenvalue weighted by atomic mass is 35.5. The molecule has 6 heteroatoms. The second kappa shape index (κ2) is 7.03. The van der Waals surface area contributed by atoms with Crippen molar-refractivity contribution in [1.29, 1.82) is 0 Å². The molecule has 0 atom stereocenters. The third-order valence-electron chi connectivity index (χ3n) is 2.76. The van der Waals surface area contributed by atoms with Gasteiger partial charge in [0.15, 0.2) is 0 Å². The molecule has 0 aromatic heterocycles. The minimum Gasteiger partial charge on any atom is -0.495 e. The fourth-order valence-corrected chi connectivity index (χ4v) is 2.38. The lowest BCUT2D eigenvalue weighted by atomic mass is 10.2. The Hall–Kier alpha value is -1.42. The van der Waals surface area contributed by atoms with Crippen LogP contribution in [0.15, 0.2) is 35.3 Å². The summed E-state index contributed by atoms with van der Waals surface area (Å²) in [4.78, 5) is 4.37. The molecule has 0 amide bonds. The molecule has 3 nitrogen and oxygen atoms in total. The van der Waals surface area contributed by atoms with Crippen LogP contribution >= 0.6 is 34.8 Å². The summed E-state index contributed by atoms with van der Waals surface area (Å²) >= 11 is 18.0. The number of ether oxygens (including phenoxy) is 2. The first-order valence-corrected chi connectivity index (χ1v) is 7.09. The molecule has 110 valence electrons. The highest BCUT2D eigenvalue weighted by Crippen LogP contribution is 2.37. The van der Waals surface area contributed by atoms with Gasteiger partial charge in [-0.05, 0) is 12.1 Å². The van der Waals surface area contributed by atoms with Gasteiger partial charge in [0.05, 0.1) is 24.3 Å². The van der Waals surface area contributed by atoms with Crippen molar-refractivity contribution in [2.24, 2.45) is 4.99 Å². The van der Waals surface area contributed by atoms with Gasteiger partial charge in [-0.25, -0.2) is 0 Å². The lowest BCUT2D eigenvalue weighted by Crippen LogP contribution is -1.89. The zero-order chi connectivity index (χ0) is 15.4. The van der Waals surface area contributed by atoms with Crippen LogP contribution in [0.5, 0.6) is 11.5 Å². The van der Waals surface area contributed by atoms with Gasteiger partial charge in [0, 0.05) is 28.9 Å². The summed E-state index contributed by atoms with van der Waals surface area (Å²) in [6.07, 6.45) is 1.63. The first-order valence-electron chi connectivity index (χ1n) is 5.95. The molecule has 0 spiro atoms. The molecule has 0 N–H and O–H groups in total. The van der Waals surface area contributed by atoms with E-state index in [4.69, 9.17) is 44.3 Å². The third kappa shape index (κ3) is 3.82. The average Bonchev–Trinajstić information content (AvgIpc) is 2.47. The zero-order valence-corrected chi connectivity index (χ0v) is 13.6. The van der Waals surface area contributed by atoms with Crippen LogP contribution in [0.4, 0.5) is 5.69 Å². The van der Waals surface area contributed by atoms with E-state index in [0.29, 0.717) is 32.3 Å². The molecular weight excluding hydrogens is 333 g/mol. The van der Waals surface area contributed by atoms with Crippen molar-refractivity contribution in [3.63, 3.8) is 0 Å². The maximum atomic E-state index is 6.10. The van der Waals surface area contributed by atoms with Gasteiger partial charge in [-0.3, -0.25) is 4.99 Å². The van der Waals surface area contributed by atoms with Crippen LogP contribution in [-0.4, -0.2) is 20.4 Å². The van der Waals surface area contributed by atoms with Crippen LogP contribution in [0.25, 0.3) is 0 Å². The standard InChI is InChI=1S/C15H12Cl3NO2/c1-20-14-7-13(15(21-2)6-12(14)18)19-8-9-3-4-10(16)5-11(9)17/h3-8H,1-2H3. The number of benzene rings is 2. The van der Waals surface area contributed by atoms with E-state index in [1.807, 2.05) is 0 Å². The molecule has 0 aliphatic heterocycles. The number of methoxy groups -OCH3 is 2. The number of halogens is 3. The Morgan fingerprint density at radius 3 is 2.24 bits per heavy atom. The molecule has 0 aliphatic carbocycles. The van der Waals surface area contributed by atoms with E-state index in [1.165, 1.54) is 7.11 Å². The van der Waals surface area contributed by atoms with Crippen LogP contribution < -0.4 is 9.47 Å². The molecule has 2 aromatic carbocycles. The summed E-state index contributed by atoms with van der Waals surface area (Å²) in [5.74, 6) is 1.06. The van der Waals surface area contributed by atoms with E-state index in [1.54, 1.807) is 43.7 Å². The van der Waals surface area contributed by atoms with Gasteiger partial charge < -0.3 is 9.47 Å². The van der Waals surface area contributed by atoms with E-state index < -0.39 is 0 Å². The van der Waals surface area contributed by atoms with E-state index in [9.17, 15) is 0 Å². The smallest absolute Gasteiger partial charge is 0.146 e. The number of nitrogens with zero attached hydrogens (tertiary/aromatic N) is 1. The molecule has 2 rings (SSSR count). The number of hydrogen-bond acceptors (Lipinski definition) is 3. The molecular formula is C15H12Cl3NO2. The predicted molar refractivity (Wildman–Crippen MR) is 88.3 cm³/mol. The normalized spacial score (nSPS) is 10.9.